The molecule has 2 N–H and O–H groups in total. The summed E-state index contributed by atoms with van der Waals surface area (Å²) in [7, 11) is 10.3. The van der Waals surface area contributed by atoms with Crippen LogP contribution < -0.4 is 62.8 Å². The molecular weight excluding hydrogens is 1910 g/mol. The summed E-state index contributed by atoms with van der Waals surface area (Å²) >= 11 is 0. The molecular formula is C113H132N22O13S. The fourth-order valence-corrected chi connectivity index (χ4v) is 18.9. The molecule has 21 rings (SSSR count). The minimum absolute atomic E-state index is 0.0345. The Morgan fingerprint density at radius 3 is 0.960 bits per heavy atom. The lowest BCUT2D eigenvalue weighted by atomic mass is 9.97. The number of carbonyl (C=O) groups excluding carboxylic acids is 1. The molecule has 0 radical (unpaired) electrons. The second-order valence-corrected chi connectivity index (χ2v) is 41.9. The molecule has 5 aliphatic rings. The zero-order chi connectivity index (χ0) is 104. The van der Waals surface area contributed by atoms with Crippen LogP contribution in [0.5, 0.6) is 46.0 Å². The maximum Gasteiger partial charge on any atom is 0.410 e. The van der Waals surface area contributed by atoms with Gasteiger partial charge in [0, 0.05) is 224 Å². The third-order valence-corrected chi connectivity index (χ3v) is 28.1. The van der Waals surface area contributed by atoms with Crippen LogP contribution in [0.15, 0.2) is 220 Å². The van der Waals surface area contributed by atoms with Crippen molar-refractivity contribution in [2.45, 2.75) is 130 Å². The van der Waals surface area contributed by atoms with Gasteiger partial charge in [0.2, 0.25) is 0 Å². The van der Waals surface area contributed by atoms with Gasteiger partial charge < -0.3 is 77.6 Å². The molecule has 35 nitrogen and oxygen atoms in total. The zero-order valence-electron chi connectivity index (χ0n) is 87.0. The molecule has 3 saturated carbocycles. The SMILES string of the molecule is CCCN(c1cc(OC)cc(OC)c1)c1ccc2ncc(-c3cnn(CCO)c3)nc2c1.COc1cc(OC)cc(N(CC2CC2)c2ccc3ncc(-c4cnn(CC5CCN(C(=O)OC(C)(C)C)CC5)c4)nc3c2)c1.COc1cc(OC)cc(N(CC2CC2)c2ccc3ncc(-c4cnn(CC5CCNCC5)c4)nc3c2)c1.COc1cc(OC)cc(N(CC2CC2)c2ccc3ncc(-c4cnn(CCS(C)(=O)=O)c4)nc3c2)c1. The third kappa shape index (κ3) is 27.2. The lowest BCUT2D eigenvalue weighted by molar-refractivity contribution is 0.0177. The summed E-state index contributed by atoms with van der Waals surface area (Å²) in [4.78, 5) is 61.7. The van der Waals surface area contributed by atoms with Crippen molar-refractivity contribution in [3.63, 3.8) is 0 Å². The van der Waals surface area contributed by atoms with Crippen LogP contribution in [0.4, 0.5) is 50.3 Å². The van der Waals surface area contributed by atoms with Gasteiger partial charge in [0.05, 0.1) is 199 Å². The number of aliphatic hydroxyl groups excluding tert-OH is 1. The molecule has 10 heterocycles. The van der Waals surface area contributed by atoms with E-state index in [0.29, 0.717) is 61.5 Å². The predicted octanol–water partition coefficient (Wildman–Crippen LogP) is 19.9. The Hall–Kier alpha value is -15.3. The van der Waals surface area contributed by atoms with Gasteiger partial charge in [0.1, 0.15) is 61.4 Å². The van der Waals surface area contributed by atoms with E-state index in [2.05, 4.69) is 128 Å². The first kappa shape index (κ1) is 104. The number of nitrogens with one attached hydrogen (secondary N) is 1. The van der Waals surface area contributed by atoms with Crippen LogP contribution in [0.1, 0.15) is 98.3 Å². The van der Waals surface area contributed by atoms with Gasteiger partial charge in [-0.1, -0.05) is 6.92 Å². The van der Waals surface area contributed by atoms with E-state index in [9.17, 15) is 13.2 Å². The van der Waals surface area contributed by atoms with Crippen LogP contribution in [-0.4, -0.2) is 237 Å². The number of aromatic nitrogens is 16. The van der Waals surface area contributed by atoms with Crippen molar-refractivity contribution in [3.05, 3.63) is 220 Å². The minimum Gasteiger partial charge on any atom is -0.497 e. The highest BCUT2D eigenvalue weighted by atomic mass is 32.2. The topological polar surface area (TPSA) is 357 Å². The van der Waals surface area contributed by atoms with Crippen molar-refractivity contribution < 1.29 is 61.0 Å². The number of fused-ring (bicyclic) bond motifs is 4. The van der Waals surface area contributed by atoms with Crippen LogP contribution in [0, 0.1) is 29.6 Å². The number of amides is 1. The van der Waals surface area contributed by atoms with Gasteiger partial charge in [-0.2, -0.15) is 20.4 Å². The first-order chi connectivity index (χ1) is 72.3. The first-order valence-electron chi connectivity index (χ1n) is 51.0. The number of aryl methyl sites for hydroxylation is 1. The molecule has 1 amide bonds. The van der Waals surface area contributed by atoms with E-state index >= 15 is 0 Å². The van der Waals surface area contributed by atoms with Crippen LogP contribution in [-0.2, 0) is 40.8 Å². The number of carbonyl (C=O) groups is 1. The van der Waals surface area contributed by atoms with Gasteiger partial charge in [-0.25, -0.2) is 33.1 Å². The second kappa shape index (κ2) is 47.3. The molecule has 0 atom stereocenters. The van der Waals surface area contributed by atoms with Gasteiger partial charge in [-0.3, -0.25) is 38.7 Å². The molecule has 36 heteroatoms. The van der Waals surface area contributed by atoms with Gasteiger partial charge in [0.15, 0.2) is 0 Å². The Morgan fingerprint density at radius 1 is 0.369 bits per heavy atom. The standard InChI is InChI=1S/C34H42N6O4.C29H34N6O2.C26H29N5O4S.C24H27N5O3/c1-34(2,3)44-33(41)38-12-10-24(11-13-38)20-39-22-25(18-36-39)32-19-35-30-9-8-26(16-31(30)37-32)40(21-23-6-7-23)27-14-28(42-4)17-29(15-27)43-5;1-36-25-11-24(12-26(14-25)37-2)35(18-20-3-4-20)23-5-6-27-28(13-23)33-29(16-31-27)22-15-32-34(19-22)17-21-7-9-30-10-8-21;1-34-22-10-21(11-23(13-22)35-2)31(16-18-4-5-18)20-6-7-24-25(12-20)29-26(15-27-24)19-14-28-30(17-19)8-9-36(3,32)33;1-4-7-29(19-10-20(31-2)13-21(11-19)32-3)18-5-6-22-23(12-18)27-24(15-25-22)17-14-26-28(16-17)8-9-30/h8-9,14-19,22-24H,6-7,10-13,20-21H2,1-5H3;5-6,11-16,19-21,30H,3-4,7-10,17-18H2,1-2H3;6-7,10-15,17-18H,4-5,8-9,16H2,1-3H3;5-6,10-16,30H,4,7-9H2,1-3H3. The number of anilines is 8. The summed E-state index contributed by atoms with van der Waals surface area (Å²) in [6.45, 7) is 17.5. The Bertz CT molecular complexity index is 7340. The van der Waals surface area contributed by atoms with Crippen molar-refractivity contribution in [3.8, 4) is 91.0 Å². The van der Waals surface area contributed by atoms with Crippen molar-refractivity contribution >= 4 is 106 Å². The van der Waals surface area contributed by atoms with E-state index in [1.165, 1.54) is 57.6 Å². The molecule has 2 aliphatic heterocycles. The maximum atomic E-state index is 12.4. The number of piperidine rings is 2. The molecule has 2 saturated heterocycles. The smallest absolute Gasteiger partial charge is 0.410 e. The number of rotatable bonds is 37. The number of ether oxygens (including phenoxy) is 9. The summed E-state index contributed by atoms with van der Waals surface area (Å²) in [6, 6.07) is 48.5. The number of nitrogens with zero attached hydrogens (tertiary/aromatic N) is 21. The number of sulfone groups is 1. The number of hydrogen-bond donors (Lipinski definition) is 2. The number of likely N-dealkylation sites (tertiary alicyclic amines) is 1. The molecule has 0 unspecified atom stereocenters. The van der Waals surface area contributed by atoms with Gasteiger partial charge >= 0.3 is 6.09 Å². The van der Waals surface area contributed by atoms with Crippen molar-refractivity contribution in [2.24, 2.45) is 29.6 Å². The molecule has 149 heavy (non-hydrogen) atoms. The van der Waals surface area contributed by atoms with Gasteiger partial charge in [-0.05, 0) is 207 Å². The van der Waals surface area contributed by atoms with Crippen molar-refractivity contribution in [1.82, 2.24) is 89.2 Å². The molecule has 0 spiro atoms. The van der Waals surface area contributed by atoms with Crippen LogP contribution in [0.2, 0.25) is 0 Å². The lowest BCUT2D eigenvalue weighted by Gasteiger charge is -2.33. The quantitative estimate of drug-likeness (QED) is 0.0365. The predicted molar refractivity (Wildman–Crippen MR) is 581 cm³/mol. The summed E-state index contributed by atoms with van der Waals surface area (Å²) in [5.41, 5.74) is 21.0. The summed E-state index contributed by atoms with van der Waals surface area (Å²) < 4.78 is 80.0. The molecule has 778 valence electrons. The van der Waals surface area contributed by atoms with Crippen molar-refractivity contribution in [2.75, 3.05) is 147 Å². The van der Waals surface area contributed by atoms with Crippen LogP contribution in [0.3, 0.4) is 0 Å². The Balaban J connectivity index is 0.000000131. The highest BCUT2D eigenvalue weighted by Crippen LogP contribution is 2.45. The summed E-state index contributed by atoms with van der Waals surface area (Å²) in [5.74, 6) is 9.17. The molecule has 8 aromatic heterocycles. The monoisotopic (exact) mass is 2040 g/mol. The number of aliphatic hydroxyl groups is 1. The average molecular weight is 2040 g/mol. The number of hydrogen-bond acceptors (Lipinski definition) is 30. The van der Waals surface area contributed by atoms with Crippen LogP contribution >= 0.6 is 0 Å². The first-order valence-corrected chi connectivity index (χ1v) is 53.1. The highest BCUT2D eigenvalue weighted by molar-refractivity contribution is 7.90. The van der Waals surface area contributed by atoms with Gasteiger partial charge in [-0.15, -0.1) is 0 Å². The third-order valence-electron chi connectivity index (χ3n) is 27.2. The molecule has 3 aliphatic carbocycles. The van der Waals surface area contributed by atoms with E-state index < -0.39 is 15.4 Å². The average Bonchev–Trinajstić information content (AvgIpc) is 1.73. The van der Waals surface area contributed by atoms with Crippen molar-refractivity contribution in [1.29, 1.82) is 0 Å². The second-order valence-electron chi connectivity index (χ2n) is 39.7. The Kier molecular flexibility index (Phi) is 32.9. The van der Waals surface area contributed by atoms with E-state index in [1.54, 1.807) is 97.2 Å². The lowest BCUT2D eigenvalue weighted by Crippen LogP contribution is -2.42. The van der Waals surface area contributed by atoms with E-state index in [0.717, 1.165) is 247 Å². The zero-order valence-corrected chi connectivity index (χ0v) is 87.8. The van der Waals surface area contributed by atoms with E-state index in [4.69, 9.17) is 77.6 Å². The van der Waals surface area contributed by atoms with E-state index in [1.807, 2.05) is 159 Å². The fourth-order valence-electron chi connectivity index (χ4n) is 18.4. The fraction of sp³-hybridized carbons (Fsp3) is 0.389. The molecule has 5 fully saturated rings. The minimum atomic E-state index is -3.06. The molecule has 8 aromatic carbocycles. The largest absolute Gasteiger partial charge is 0.497 e. The summed E-state index contributed by atoms with van der Waals surface area (Å²) in [6.07, 6.45) is 35.8. The highest BCUT2D eigenvalue weighted by Gasteiger charge is 2.33. The number of benzene rings is 8. The normalized spacial score (nSPS) is 14.3. The van der Waals surface area contributed by atoms with Crippen LogP contribution in [0.25, 0.3) is 89.2 Å². The van der Waals surface area contributed by atoms with Gasteiger partial charge in [0.25, 0.3) is 0 Å². The Morgan fingerprint density at radius 2 is 0.664 bits per heavy atom. The molecule has 0 bridgehead atoms. The van der Waals surface area contributed by atoms with E-state index in [-0.39, 0.29) is 18.5 Å². The summed E-state index contributed by atoms with van der Waals surface area (Å²) in [5, 5.41) is 30.4. The molecule has 16 aromatic rings. The maximum absolute atomic E-state index is 12.4. The Labute approximate surface area is 868 Å². The number of methoxy groups -OCH3 is 8.